The molecule has 3 nitrogen and oxygen atoms in total. The summed E-state index contributed by atoms with van der Waals surface area (Å²) in [6.45, 7) is 0.984. The first-order chi connectivity index (χ1) is 8.27. The van der Waals surface area contributed by atoms with Gasteiger partial charge in [0.25, 0.3) is 0 Å². The van der Waals surface area contributed by atoms with E-state index in [1.165, 1.54) is 18.5 Å². The van der Waals surface area contributed by atoms with E-state index in [0.29, 0.717) is 5.75 Å². The second-order valence-corrected chi connectivity index (χ2v) is 5.05. The van der Waals surface area contributed by atoms with E-state index < -0.39 is 0 Å². The van der Waals surface area contributed by atoms with Gasteiger partial charge in [-0.25, -0.2) is 4.98 Å². The van der Waals surface area contributed by atoms with Crippen LogP contribution < -0.4 is 0 Å². The molecule has 0 radical (unpaired) electrons. The van der Waals surface area contributed by atoms with Gasteiger partial charge in [0.05, 0.1) is 11.3 Å². The zero-order valence-electron chi connectivity index (χ0n) is 9.36. The average molecular weight is 293 g/mol. The van der Waals surface area contributed by atoms with Crippen LogP contribution in [0.3, 0.4) is 0 Å². The monoisotopic (exact) mass is 292 g/mol. The summed E-state index contributed by atoms with van der Waals surface area (Å²) in [5.41, 5.74) is 2.05. The number of imidazole rings is 1. The Labute approximate surface area is 108 Å². The van der Waals surface area contributed by atoms with Crippen LogP contribution in [0.15, 0.2) is 28.9 Å². The fraction of sp³-hybridized carbons (Fsp3) is 0.308. The van der Waals surface area contributed by atoms with Crippen LogP contribution in [0.5, 0.6) is 5.75 Å². The number of para-hydroxylation sites is 1. The molecule has 1 aliphatic heterocycles. The molecule has 2 aromatic rings. The Hall–Kier alpha value is -1.29. The number of nitrogens with zero attached hydrogens (tertiary/aromatic N) is 2. The molecule has 88 valence electrons. The van der Waals surface area contributed by atoms with Crippen molar-refractivity contribution in [2.75, 3.05) is 0 Å². The third kappa shape index (κ3) is 1.76. The van der Waals surface area contributed by atoms with E-state index in [-0.39, 0.29) is 0 Å². The first kappa shape index (κ1) is 10.8. The fourth-order valence-electron chi connectivity index (χ4n) is 2.37. The first-order valence-corrected chi connectivity index (χ1v) is 6.60. The van der Waals surface area contributed by atoms with Gasteiger partial charge in [0.15, 0.2) is 0 Å². The van der Waals surface area contributed by atoms with Gasteiger partial charge < -0.3 is 9.67 Å². The van der Waals surface area contributed by atoms with E-state index in [2.05, 4.69) is 25.5 Å². The number of benzene rings is 1. The van der Waals surface area contributed by atoms with Gasteiger partial charge in [0, 0.05) is 6.54 Å². The molecule has 0 fully saturated rings. The number of fused-ring (bicyclic) bond motifs is 1. The number of phenols is 1. The van der Waals surface area contributed by atoms with Crippen molar-refractivity contribution in [1.82, 2.24) is 9.55 Å². The highest BCUT2D eigenvalue weighted by Gasteiger charge is 2.20. The van der Waals surface area contributed by atoms with Crippen molar-refractivity contribution in [3.63, 3.8) is 0 Å². The number of hydrogen-bond donors (Lipinski definition) is 1. The minimum atomic E-state index is 0.290. The van der Waals surface area contributed by atoms with Crippen molar-refractivity contribution in [3.8, 4) is 17.1 Å². The number of halogens is 1. The molecule has 0 atom stereocenters. The van der Waals surface area contributed by atoms with Crippen LogP contribution >= 0.6 is 15.9 Å². The maximum Gasteiger partial charge on any atom is 0.145 e. The van der Waals surface area contributed by atoms with Gasteiger partial charge in [-0.1, -0.05) is 12.1 Å². The molecule has 1 aromatic heterocycles. The minimum Gasteiger partial charge on any atom is -0.507 e. The third-order valence-electron chi connectivity index (χ3n) is 3.21. The summed E-state index contributed by atoms with van der Waals surface area (Å²) >= 11 is 3.51. The molecule has 1 N–H and O–H groups in total. The van der Waals surface area contributed by atoms with E-state index in [4.69, 9.17) is 0 Å². The van der Waals surface area contributed by atoms with E-state index in [1.54, 1.807) is 6.07 Å². The highest BCUT2D eigenvalue weighted by atomic mass is 79.9. The Morgan fingerprint density at radius 1 is 1.24 bits per heavy atom. The largest absolute Gasteiger partial charge is 0.507 e. The van der Waals surface area contributed by atoms with E-state index in [9.17, 15) is 5.11 Å². The quantitative estimate of drug-likeness (QED) is 0.875. The van der Waals surface area contributed by atoms with Gasteiger partial charge in [-0.15, -0.1) is 0 Å². The number of aromatic nitrogens is 2. The molecule has 3 rings (SSSR count). The molecular formula is C13H13BrN2O. The molecule has 0 aliphatic carbocycles. The topological polar surface area (TPSA) is 38.1 Å². The maximum absolute atomic E-state index is 9.91. The third-order valence-corrected chi connectivity index (χ3v) is 3.85. The Kier molecular flexibility index (Phi) is 2.67. The van der Waals surface area contributed by atoms with Crippen LogP contribution in [0.4, 0.5) is 0 Å². The number of aromatic hydroxyl groups is 1. The average Bonchev–Trinajstić information content (AvgIpc) is 2.68. The van der Waals surface area contributed by atoms with Gasteiger partial charge in [-0.2, -0.15) is 0 Å². The predicted molar refractivity (Wildman–Crippen MR) is 70.0 cm³/mol. The minimum absolute atomic E-state index is 0.290. The Balaban J connectivity index is 2.19. The zero-order valence-corrected chi connectivity index (χ0v) is 10.9. The van der Waals surface area contributed by atoms with Crippen molar-refractivity contribution >= 4 is 15.9 Å². The Morgan fingerprint density at radius 3 is 2.88 bits per heavy atom. The van der Waals surface area contributed by atoms with Crippen LogP contribution in [0.25, 0.3) is 11.4 Å². The van der Waals surface area contributed by atoms with E-state index >= 15 is 0 Å². The molecule has 0 saturated carbocycles. The van der Waals surface area contributed by atoms with Crippen molar-refractivity contribution in [2.24, 2.45) is 0 Å². The molecule has 0 unspecified atom stereocenters. The van der Waals surface area contributed by atoms with Gasteiger partial charge >= 0.3 is 0 Å². The van der Waals surface area contributed by atoms with Crippen LogP contribution in [0.1, 0.15) is 18.5 Å². The molecule has 0 amide bonds. The van der Waals surface area contributed by atoms with Gasteiger partial charge in [0.2, 0.25) is 0 Å². The Bertz CT molecular complexity index is 563. The standard InChI is InChI=1S/C13H13BrN2O/c14-12-10-6-3-4-8-16(10)13(15-12)9-5-1-2-7-11(9)17/h1-2,5,7,17H,3-4,6,8H2. The van der Waals surface area contributed by atoms with Gasteiger partial charge in [0.1, 0.15) is 16.2 Å². The number of rotatable bonds is 1. The summed E-state index contributed by atoms with van der Waals surface area (Å²) in [5, 5.41) is 9.91. The van der Waals surface area contributed by atoms with Crippen LogP contribution in [0.2, 0.25) is 0 Å². The predicted octanol–water partition coefficient (Wildman–Crippen LogP) is 3.35. The smallest absolute Gasteiger partial charge is 0.145 e. The molecule has 1 aliphatic rings. The van der Waals surface area contributed by atoms with Crippen molar-refractivity contribution in [3.05, 3.63) is 34.6 Å². The summed E-state index contributed by atoms with van der Waals surface area (Å²) in [5.74, 6) is 1.16. The lowest BCUT2D eigenvalue weighted by Gasteiger charge is -2.17. The lowest BCUT2D eigenvalue weighted by molar-refractivity contribution is 0.475. The molecule has 0 spiro atoms. The van der Waals surface area contributed by atoms with Gasteiger partial charge in [-0.05, 0) is 47.3 Å². The highest BCUT2D eigenvalue weighted by molar-refractivity contribution is 9.10. The molecule has 0 bridgehead atoms. The van der Waals surface area contributed by atoms with Crippen LogP contribution in [-0.2, 0) is 13.0 Å². The van der Waals surface area contributed by atoms with Crippen LogP contribution in [0, 0.1) is 0 Å². The van der Waals surface area contributed by atoms with E-state index in [1.807, 2.05) is 18.2 Å². The second-order valence-electron chi connectivity index (χ2n) is 4.30. The normalized spacial score (nSPS) is 14.6. The highest BCUT2D eigenvalue weighted by Crippen LogP contribution is 2.33. The lowest BCUT2D eigenvalue weighted by atomic mass is 10.1. The SMILES string of the molecule is Oc1ccccc1-c1nc(Br)c2n1CCCC2. The molecule has 0 saturated heterocycles. The zero-order chi connectivity index (χ0) is 11.8. The summed E-state index contributed by atoms with van der Waals surface area (Å²) < 4.78 is 3.12. The van der Waals surface area contributed by atoms with E-state index in [0.717, 1.165) is 29.0 Å². The summed E-state index contributed by atoms with van der Waals surface area (Å²) in [6.07, 6.45) is 3.45. The number of hydrogen-bond acceptors (Lipinski definition) is 2. The second kappa shape index (κ2) is 4.18. The summed E-state index contributed by atoms with van der Waals surface area (Å²) in [7, 11) is 0. The van der Waals surface area contributed by atoms with Crippen LogP contribution in [-0.4, -0.2) is 14.7 Å². The van der Waals surface area contributed by atoms with Gasteiger partial charge in [-0.3, -0.25) is 0 Å². The Morgan fingerprint density at radius 2 is 2.06 bits per heavy atom. The number of phenolic OH excluding ortho intramolecular Hbond substituents is 1. The fourth-order valence-corrected chi connectivity index (χ4v) is 2.95. The maximum atomic E-state index is 9.91. The van der Waals surface area contributed by atoms with Crippen molar-refractivity contribution in [1.29, 1.82) is 0 Å². The summed E-state index contributed by atoms with van der Waals surface area (Å²) in [4.78, 5) is 4.54. The lowest BCUT2D eigenvalue weighted by Crippen LogP contribution is -2.11. The summed E-state index contributed by atoms with van der Waals surface area (Å²) in [6, 6.07) is 7.36. The molecule has 2 heterocycles. The molecule has 17 heavy (non-hydrogen) atoms. The van der Waals surface area contributed by atoms with Crippen molar-refractivity contribution < 1.29 is 5.11 Å². The molecule has 1 aromatic carbocycles. The molecular weight excluding hydrogens is 280 g/mol. The molecule has 4 heteroatoms. The van der Waals surface area contributed by atoms with Crippen molar-refractivity contribution in [2.45, 2.75) is 25.8 Å². The first-order valence-electron chi connectivity index (χ1n) is 5.80.